The Bertz CT molecular complexity index is 2710. The van der Waals surface area contributed by atoms with E-state index in [1.165, 1.54) is 0 Å². The van der Waals surface area contributed by atoms with Gasteiger partial charge in [-0.3, -0.25) is 0 Å². The van der Waals surface area contributed by atoms with Gasteiger partial charge < -0.3 is 4.42 Å². The molecule has 0 unspecified atom stereocenters. The Balaban J connectivity index is 1.66. The van der Waals surface area contributed by atoms with Gasteiger partial charge in [0.15, 0.2) is 0 Å². The van der Waals surface area contributed by atoms with Crippen LogP contribution in [-0.2, 0) is 0 Å². The van der Waals surface area contributed by atoms with Gasteiger partial charge in [-0.15, -0.1) is 0 Å². The molecule has 0 fully saturated rings. The van der Waals surface area contributed by atoms with E-state index in [-0.39, 0.29) is 44.5 Å². The van der Waals surface area contributed by atoms with Gasteiger partial charge in [-0.2, -0.15) is 0 Å². The van der Waals surface area contributed by atoms with Crippen LogP contribution in [0.25, 0.3) is 76.7 Å². The molecule has 1 aromatic heterocycles. The first-order valence-corrected chi connectivity index (χ1v) is 12.5. The summed E-state index contributed by atoms with van der Waals surface area (Å²) in [5.74, 6) is 0. The molecular formula is C38H24O. The lowest BCUT2D eigenvalue weighted by Gasteiger charge is -2.19. The predicted octanol–water partition coefficient (Wildman–Crippen LogP) is 10.9. The zero-order valence-electron chi connectivity index (χ0n) is 31.4. The van der Waals surface area contributed by atoms with Crippen LogP contribution in [-0.4, -0.2) is 0 Å². The van der Waals surface area contributed by atoms with E-state index in [0.29, 0.717) is 16.3 Å². The maximum Gasteiger partial charge on any atom is 0.134 e. The second kappa shape index (κ2) is 8.72. The summed E-state index contributed by atoms with van der Waals surface area (Å²) in [6.07, 6.45) is -0.603. The van der Waals surface area contributed by atoms with Crippen molar-refractivity contribution < 1.29 is 19.5 Å². The van der Waals surface area contributed by atoms with Crippen molar-refractivity contribution in [3.63, 3.8) is 0 Å². The van der Waals surface area contributed by atoms with Crippen molar-refractivity contribution in [3.05, 3.63) is 146 Å². The standard InChI is InChI=1S/C38H24O/c1-2-12-25(13-3-1)37-30-17-6-8-19-32(30)38(33-20-9-7-18-31(33)37)34-23-27(22-26-14-4-5-15-28(26)34)35-24-39-36-21-11-10-16-29(35)36/h1-24H/i4D,5D,10D,11D,14D,15D,16D,21D,22D,23D,24D. The van der Waals surface area contributed by atoms with Crippen molar-refractivity contribution in [1.29, 1.82) is 0 Å². The lowest BCUT2D eigenvalue weighted by Crippen LogP contribution is -1.92. The van der Waals surface area contributed by atoms with E-state index in [9.17, 15) is 2.74 Å². The Kier molecular flexibility index (Phi) is 3.04. The van der Waals surface area contributed by atoms with Crippen molar-refractivity contribution in [2.75, 3.05) is 0 Å². The smallest absolute Gasteiger partial charge is 0.134 e. The molecule has 0 atom stereocenters. The average molecular weight is 508 g/mol. The average Bonchev–Trinajstić information content (AvgIpc) is 3.47. The predicted molar refractivity (Wildman–Crippen MR) is 165 cm³/mol. The van der Waals surface area contributed by atoms with Crippen molar-refractivity contribution >= 4 is 43.3 Å². The van der Waals surface area contributed by atoms with Crippen molar-refractivity contribution in [1.82, 2.24) is 0 Å². The molecule has 0 saturated carbocycles. The number of fused-ring (bicyclic) bond motifs is 4. The minimum absolute atomic E-state index is 0.0428. The molecule has 0 radical (unpaired) electrons. The highest BCUT2D eigenvalue weighted by molar-refractivity contribution is 6.24. The largest absolute Gasteiger partial charge is 0.464 e. The van der Waals surface area contributed by atoms with Crippen LogP contribution in [0.3, 0.4) is 0 Å². The molecule has 1 heterocycles. The summed E-state index contributed by atoms with van der Waals surface area (Å²) in [6.45, 7) is 0. The summed E-state index contributed by atoms with van der Waals surface area (Å²) in [7, 11) is 0. The maximum atomic E-state index is 9.85. The quantitative estimate of drug-likeness (QED) is 0.217. The number of hydrogen-bond acceptors (Lipinski definition) is 1. The molecule has 0 bridgehead atoms. The Morgan fingerprint density at radius 3 is 1.77 bits per heavy atom. The number of rotatable bonds is 3. The van der Waals surface area contributed by atoms with E-state index < -0.39 is 60.6 Å². The monoisotopic (exact) mass is 507 g/mol. The fraction of sp³-hybridized carbons (Fsp3) is 0. The van der Waals surface area contributed by atoms with Crippen molar-refractivity contribution in [2.24, 2.45) is 0 Å². The van der Waals surface area contributed by atoms with Crippen LogP contribution >= 0.6 is 0 Å². The van der Waals surface area contributed by atoms with Crippen LogP contribution in [0.2, 0.25) is 0 Å². The Morgan fingerprint density at radius 2 is 1.05 bits per heavy atom. The third-order valence-electron chi connectivity index (χ3n) is 7.09. The lowest BCUT2D eigenvalue weighted by molar-refractivity contribution is 0.617. The van der Waals surface area contributed by atoms with Gasteiger partial charge in [-0.1, -0.05) is 121 Å². The molecule has 1 heteroatoms. The van der Waals surface area contributed by atoms with Gasteiger partial charge in [0, 0.05) is 10.9 Å². The summed E-state index contributed by atoms with van der Waals surface area (Å²) in [5.41, 5.74) is 1.68. The van der Waals surface area contributed by atoms with Gasteiger partial charge >= 0.3 is 0 Å². The molecule has 0 aliphatic rings. The Hall–Kier alpha value is -5.14. The van der Waals surface area contributed by atoms with Gasteiger partial charge in [0.05, 0.1) is 19.9 Å². The van der Waals surface area contributed by atoms with Crippen molar-refractivity contribution in [2.45, 2.75) is 0 Å². The highest BCUT2D eigenvalue weighted by atomic mass is 16.3. The summed E-state index contributed by atoms with van der Waals surface area (Å²) in [5, 5.41) is 2.58. The SMILES string of the molecule is [2H]c1oc2c([2H])c([2H])c([2H])c([2H])c2c1-c1c([2H])c(-c2c3ccccc3c(-c3ccccc3)c3ccccc23)c2c([2H])c([2H])c([2H])c([2H])c2c1[2H]. The third-order valence-corrected chi connectivity index (χ3v) is 7.09. The van der Waals surface area contributed by atoms with Gasteiger partial charge in [-0.25, -0.2) is 0 Å². The first kappa shape index (κ1) is 13.6. The summed E-state index contributed by atoms with van der Waals surface area (Å²) in [4.78, 5) is 0. The van der Waals surface area contributed by atoms with Crippen LogP contribution in [0.4, 0.5) is 0 Å². The molecule has 8 aromatic rings. The van der Waals surface area contributed by atoms with Gasteiger partial charge in [0.1, 0.15) is 6.95 Å². The second-order valence-electron chi connectivity index (χ2n) is 9.24. The number of hydrogen-bond donors (Lipinski definition) is 0. The minimum Gasteiger partial charge on any atom is -0.464 e. The second-order valence-corrected chi connectivity index (χ2v) is 9.24. The molecular weight excluding hydrogens is 472 g/mol. The molecule has 7 aromatic carbocycles. The fourth-order valence-corrected chi connectivity index (χ4v) is 5.45. The van der Waals surface area contributed by atoms with Crippen LogP contribution in [0, 0.1) is 0 Å². The highest BCUT2D eigenvalue weighted by Gasteiger charge is 2.19. The number of para-hydroxylation sites is 1. The molecule has 0 aliphatic carbocycles. The zero-order chi connectivity index (χ0) is 35.3. The molecule has 0 spiro atoms. The molecule has 0 amide bonds. The van der Waals surface area contributed by atoms with Crippen LogP contribution < -0.4 is 0 Å². The van der Waals surface area contributed by atoms with E-state index in [1.54, 1.807) is 0 Å². The van der Waals surface area contributed by atoms with Crippen LogP contribution in [0.1, 0.15) is 15.1 Å². The van der Waals surface area contributed by atoms with Gasteiger partial charge in [0.2, 0.25) is 0 Å². The van der Waals surface area contributed by atoms with Crippen LogP contribution in [0.15, 0.2) is 150 Å². The minimum atomic E-state index is -0.603. The Morgan fingerprint density at radius 1 is 0.462 bits per heavy atom. The van der Waals surface area contributed by atoms with Gasteiger partial charge in [0.25, 0.3) is 0 Å². The first-order valence-electron chi connectivity index (χ1n) is 18.0. The zero-order valence-corrected chi connectivity index (χ0v) is 20.4. The number of furan rings is 1. The first-order chi connectivity index (χ1) is 24.0. The number of benzene rings is 7. The summed E-state index contributed by atoms with van der Waals surface area (Å²) < 4.78 is 103. The molecule has 1 nitrogen and oxygen atoms in total. The third kappa shape index (κ3) is 3.41. The van der Waals surface area contributed by atoms with E-state index in [1.807, 2.05) is 78.9 Å². The van der Waals surface area contributed by atoms with E-state index in [4.69, 9.17) is 16.8 Å². The van der Waals surface area contributed by atoms with Crippen molar-refractivity contribution in [3.8, 4) is 33.4 Å². The Labute approximate surface area is 242 Å². The molecule has 0 N–H and O–H groups in total. The van der Waals surface area contributed by atoms with Crippen LogP contribution in [0.5, 0.6) is 0 Å². The maximum absolute atomic E-state index is 9.85. The molecule has 39 heavy (non-hydrogen) atoms. The molecule has 182 valence electrons. The van der Waals surface area contributed by atoms with E-state index >= 15 is 0 Å². The normalized spacial score (nSPS) is 15.5. The lowest BCUT2D eigenvalue weighted by atomic mass is 9.84. The highest BCUT2D eigenvalue weighted by Crippen LogP contribution is 2.46. The molecule has 0 aliphatic heterocycles. The summed E-state index contributed by atoms with van der Waals surface area (Å²) >= 11 is 0. The molecule has 8 rings (SSSR count). The fourth-order valence-electron chi connectivity index (χ4n) is 5.45. The van der Waals surface area contributed by atoms with E-state index in [0.717, 1.165) is 21.9 Å². The topological polar surface area (TPSA) is 13.1 Å². The summed E-state index contributed by atoms with van der Waals surface area (Å²) in [6, 6.07) is 19.9. The van der Waals surface area contributed by atoms with E-state index in [2.05, 4.69) is 0 Å². The molecule has 0 saturated heterocycles. The van der Waals surface area contributed by atoms with Gasteiger partial charge in [-0.05, 0) is 78.3 Å².